The number of fused-ring (bicyclic) bond motifs is 1. The molecule has 9 nitrogen and oxygen atoms in total. The first kappa shape index (κ1) is 22.4. The summed E-state index contributed by atoms with van der Waals surface area (Å²) in [7, 11) is 0. The van der Waals surface area contributed by atoms with Crippen LogP contribution in [0.3, 0.4) is 0 Å². The number of carbonyl (C=O) groups excluding carboxylic acids is 1. The summed E-state index contributed by atoms with van der Waals surface area (Å²) in [4.78, 5) is 32.1. The molecule has 0 aliphatic carbocycles. The van der Waals surface area contributed by atoms with E-state index in [-0.39, 0.29) is 5.69 Å². The fourth-order valence-electron chi connectivity index (χ4n) is 2.85. The minimum absolute atomic E-state index is 0.0724. The van der Waals surface area contributed by atoms with E-state index >= 15 is 0 Å². The molecule has 0 radical (unpaired) electrons. The van der Waals surface area contributed by atoms with Crippen LogP contribution in [0.4, 0.5) is 5.69 Å². The van der Waals surface area contributed by atoms with Crippen LogP contribution in [0.15, 0.2) is 75.3 Å². The number of carbonyl (C=O) groups is 1. The van der Waals surface area contributed by atoms with Gasteiger partial charge in [-0.2, -0.15) is 5.10 Å². The van der Waals surface area contributed by atoms with Crippen molar-refractivity contribution < 1.29 is 14.5 Å². The van der Waals surface area contributed by atoms with Crippen LogP contribution in [-0.4, -0.2) is 33.6 Å². The molecule has 0 aliphatic heterocycles. The standard InChI is InChI=1S/C22H17N5O4S2/c1-2-31-16-6-7-17-20(11-16)33-22(25-17)32-19-8-5-14(10-18(19)27(29)30)12-24-26-21(28)15-4-3-9-23-13-15/h3-13H,2H2,1H3,(H,26,28)/b24-12-. The second kappa shape index (κ2) is 10.2. The predicted octanol–water partition coefficient (Wildman–Crippen LogP) is 4.91. The molecule has 1 N–H and O–H groups in total. The third-order valence-electron chi connectivity index (χ3n) is 4.33. The monoisotopic (exact) mass is 479 g/mol. The fourth-order valence-corrected chi connectivity index (χ4v) is 4.99. The molecule has 0 aliphatic rings. The number of hydrogen-bond donors (Lipinski definition) is 1. The number of benzene rings is 2. The first-order valence-corrected chi connectivity index (χ1v) is 11.4. The second-order valence-electron chi connectivity index (χ2n) is 6.57. The van der Waals surface area contributed by atoms with Crippen molar-refractivity contribution in [2.45, 2.75) is 16.2 Å². The maximum Gasteiger partial charge on any atom is 0.283 e. The molecule has 0 spiro atoms. The maximum absolute atomic E-state index is 12.0. The van der Waals surface area contributed by atoms with Gasteiger partial charge in [-0.25, -0.2) is 10.4 Å². The van der Waals surface area contributed by atoms with Gasteiger partial charge in [-0.15, -0.1) is 11.3 Å². The van der Waals surface area contributed by atoms with E-state index in [2.05, 4.69) is 20.5 Å². The van der Waals surface area contributed by atoms with E-state index in [0.717, 1.165) is 16.0 Å². The molecule has 0 saturated heterocycles. The number of aromatic nitrogens is 2. The Kier molecular flexibility index (Phi) is 6.91. The van der Waals surface area contributed by atoms with Crippen molar-refractivity contribution in [3.8, 4) is 5.75 Å². The number of nitro benzene ring substituents is 1. The number of thiazole rings is 1. The number of ether oxygens (including phenoxy) is 1. The van der Waals surface area contributed by atoms with Gasteiger partial charge in [-0.1, -0.05) is 17.8 Å². The van der Waals surface area contributed by atoms with E-state index in [1.165, 1.54) is 41.6 Å². The van der Waals surface area contributed by atoms with Gasteiger partial charge in [0.1, 0.15) is 5.75 Å². The largest absolute Gasteiger partial charge is 0.494 e. The van der Waals surface area contributed by atoms with Gasteiger partial charge in [0.15, 0.2) is 4.34 Å². The first-order valence-electron chi connectivity index (χ1n) is 9.76. The van der Waals surface area contributed by atoms with Gasteiger partial charge in [0.05, 0.1) is 38.4 Å². The number of pyridine rings is 1. The molecule has 11 heteroatoms. The number of nitrogens with one attached hydrogen (secondary N) is 1. The average Bonchev–Trinajstić information content (AvgIpc) is 3.22. The minimum atomic E-state index is -0.450. The highest BCUT2D eigenvalue weighted by molar-refractivity contribution is 8.01. The summed E-state index contributed by atoms with van der Waals surface area (Å²) in [5, 5.41) is 15.5. The van der Waals surface area contributed by atoms with E-state index in [1.54, 1.807) is 30.5 Å². The minimum Gasteiger partial charge on any atom is -0.494 e. The molecule has 4 rings (SSSR count). The SMILES string of the molecule is CCOc1ccc2nc(Sc3ccc(/C=N\NC(=O)c4cccnc4)cc3[N+](=O)[O-])sc2c1. The molecule has 4 aromatic rings. The highest BCUT2D eigenvalue weighted by Crippen LogP contribution is 2.39. The summed E-state index contributed by atoms with van der Waals surface area (Å²) >= 11 is 2.67. The molecular weight excluding hydrogens is 462 g/mol. The molecular formula is C22H17N5O4S2. The van der Waals surface area contributed by atoms with Crippen LogP contribution < -0.4 is 10.2 Å². The summed E-state index contributed by atoms with van der Waals surface area (Å²) in [5.41, 5.74) is 3.94. The lowest BCUT2D eigenvalue weighted by Crippen LogP contribution is -2.17. The zero-order chi connectivity index (χ0) is 23.2. The number of hydrogen-bond acceptors (Lipinski definition) is 9. The number of nitrogens with zero attached hydrogens (tertiary/aromatic N) is 4. The Bertz CT molecular complexity index is 1340. The van der Waals surface area contributed by atoms with Crippen LogP contribution >= 0.6 is 23.1 Å². The summed E-state index contributed by atoms with van der Waals surface area (Å²) in [6.45, 7) is 2.49. The van der Waals surface area contributed by atoms with Gasteiger partial charge < -0.3 is 4.74 Å². The first-order chi connectivity index (χ1) is 16.0. The highest BCUT2D eigenvalue weighted by atomic mass is 32.2. The van der Waals surface area contributed by atoms with Crippen molar-refractivity contribution in [1.29, 1.82) is 0 Å². The molecule has 2 aromatic carbocycles. The van der Waals surface area contributed by atoms with Crippen molar-refractivity contribution in [3.63, 3.8) is 0 Å². The molecule has 2 aromatic heterocycles. The number of hydrazone groups is 1. The Hall–Kier alpha value is -3.83. The lowest BCUT2D eigenvalue weighted by molar-refractivity contribution is -0.387. The predicted molar refractivity (Wildman–Crippen MR) is 127 cm³/mol. The van der Waals surface area contributed by atoms with Crippen molar-refractivity contribution in [2.24, 2.45) is 5.10 Å². The van der Waals surface area contributed by atoms with Crippen LogP contribution in [0.2, 0.25) is 0 Å². The van der Waals surface area contributed by atoms with Gasteiger partial charge in [-0.05, 0) is 43.3 Å². The van der Waals surface area contributed by atoms with Gasteiger partial charge in [0.2, 0.25) is 0 Å². The van der Waals surface area contributed by atoms with Crippen LogP contribution in [0.25, 0.3) is 10.2 Å². The van der Waals surface area contributed by atoms with Crippen LogP contribution in [0, 0.1) is 10.1 Å². The number of rotatable bonds is 8. The topological polar surface area (TPSA) is 120 Å². The lowest BCUT2D eigenvalue weighted by atomic mass is 10.2. The normalized spacial score (nSPS) is 11.1. The van der Waals surface area contributed by atoms with Crippen LogP contribution in [0.5, 0.6) is 5.75 Å². The van der Waals surface area contributed by atoms with Crippen molar-refractivity contribution >= 4 is 51.1 Å². The van der Waals surface area contributed by atoms with E-state index < -0.39 is 10.8 Å². The van der Waals surface area contributed by atoms with Crippen LogP contribution in [0.1, 0.15) is 22.8 Å². The Balaban J connectivity index is 1.50. The Morgan fingerprint density at radius 1 is 1.30 bits per heavy atom. The molecule has 166 valence electrons. The average molecular weight is 480 g/mol. The van der Waals surface area contributed by atoms with E-state index in [9.17, 15) is 14.9 Å². The Morgan fingerprint density at radius 2 is 2.18 bits per heavy atom. The van der Waals surface area contributed by atoms with Gasteiger partial charge in [0.25, 0.3) is 11.6 Å². The smallest absolute Gasteiger partial charge is 0.283 e. The lowest BCUT2D eigenvalue weighted by Gasteiger charge is -2.02. The van der Waals surface area contributed by atoms with Crippen molar-refractivity contribution in [3.05, 3.63) is 82.2 Å². The van der Waals surface area contributed by atoms with Crippen molar-refractivity contribution in [1.82, 2.24) is 15.4 Å². The molecule has 0 bridgehead atoms. The Labute approximate surface area is 196 Å². The molecule has 1 amide bonds. The van der Waals surface area contributed by atoms with Gasteiger partial charge >= 0.3 is 0 Å². The third-order valence-corrected chi connectivity index (χ3v) is 6.48. The zero-order valence-corrected chi connectivity index (χ0v) is 18.9. The maximum atomic E-state index is 12.0. The molecule has 0 fully saturated rings. The summed E-state index contributed by atoms with van der Waals surface area (Å²) in [6.07, 6.45) is 4.33. The number of nitro groups is 1. The zero-order valence-electron chi connectivity index (χ0n) is 17.3. The molecule has 0 atom stereocenters. The Morgan fingerprint density at radius 3 is 2.94 bits per heavy atom. The number of amides is 1. The van der Waals surface area contributed by atoms with E-state index in [0.29, 0.717) is 27.0 Å². The molecule has 0 saturated carbocycles. The highest BCUT2D eigenvalue weighted by Gasteiger charge is 2.17. The summed E-state index contributed by atoms with van der Waals surface area (Å²) < 4.78 is 7.15. The molecule has 0 unspecified atom stereocenters. The molecule has 33 heavy (non-hydrogen) atoms. The fraction of sp³-hybridized carbons (Fsp3) is 0.0909. The quantitative estimate of drug-likeness (QED) is 0.216. The third kappa shape index (κ3) is 5.51. The van der Waals surface area contributed by atoms with Gasteiger partial charge in [0, 0.05) is 24.0 Å². The summed E-state index contributed by atoms with van der Waals surface area (Å²) in [6, 6.07) is 13.6. The van der Waals surface area contributed by atoms with E-state index in [4.69, 9.17) is 4.74 Å². The summed E-state index contributed by atoms with van der Waals surface area (Å²) in [5.74, 6) is 0.333. The molecule has 2 heterocycles. The van der Waals surface area contributed by atoms with Gasteiger partial charge in [-0.3, -0.25) is 19.9 Å². The van der Waals surface area contributed by atoms with Crippen molar-refractivity contribution in [2.75, 3.05) is 6.61 Å². The second-order valence-corrected chi connectivity index (χ2v) is 8.89. The van der Waals surface area contributed by atoms with E-state index in [1.807, 2.05) is 25.1 Å². The van der Waals surface area contributed by atoms with Crippen LogP contribution in [-0.2, 0) is 0 Å².